The van der Waals surface area contributed by atoms with Crippen LogP contribution in [0.3, 0.4) is 0 Å². The second-order valence-electron chi connectivity index (χ2n) is 4.68. The van der Waals surface area contributed by atoms with Gasteiger partial charge in [-0.25, -0.2) is 4.98 Å². The second kappa shape index (κ2) is 4.04. The fourth-order valence-electron chi connectivity index (χ4n) is 2.73. The molecular formula is C13H18N4. The zero-order valence-corrected chi connectivity index (χ0v) is 10.1. The number of aromatic nitrogens is 2. The molecule has 0 aliphatic carbocycles. The Balaban J connectivity index is 2.08. The third kappa shape index (κ3) is 1.60. The molecule has 4 heteroatoms. The highest BCUT2D eigenvalue weighted by molar-refractivity contribution is 5.78. The van der Waals surface area contributed by atoms with Crippen molar-refractivity contribution in [1.29, 1.82) is 0 Å². The first-order chi connectivity index (χ1) is 8.31. The lowest BCUT2D eigenvalue weighted by Crippen LogP contribution is -2.36. The SMILES string of the molecule is Cn1c(N2CCCC2CN)nc2ccccc21. The maximum Gasteiger partial charge on any atom is 0.206 e. The molecule has 0 radical (unpaired) electrons. The van der Waals surface area contributed by atoms with E-state index in [0.29, 0.717) is 12.6 Å². The number of aryl methyl sites for hydroxylation is 1. The van der Waals surface area contributed by atoms with E-state index in [2.05, 4.69) is 34.7 Å². The Morgan fingerprint density at radius 2 is 2.24 bits per heavy atom. The minimum Gasteiger partial charge on any atom is -0.338 e. The highest BCUT2D eigenvalue weighted by Crippen LogP contribution is 2.27. The molecule has 0 bridgehead atoms. The van der Waals surface area contributed by atoms with Crippen LogP contribution in [-0.4, -0.2) is 28.7 Å². The molecule has 1 saturated heterocycles. The number of rotatable bonds is 2. The maximum atomic E-state index is 5.83. The number of para-hydroxylation sites is 2. The van der Waals surface area contributed by atoms with Crippen LogP contribution in [0.1, 0.15) is 12.8 Å². The molecule has 1 aliphatic heterocycles. The van der Waals surface area contributed by atoms with Crippen molar-refractivity contribution in [3.63, 3.8) is 0 Å². The van der Waals surface area contributed by atoms with Gasteiger partial charge in [-0.2, -0.15) is 0 Å². The molecule has 1 fully saturated rings. The Kier molecular flexibility index (Phi) is 2.52. The average Bonchev–Trinajstić information content (AvgIpc) is 2.94. The van der Waals surface area contributed by atoms with Gasteiger partial charge in [-0.15, -0.1) is 0 Å². The molecule has 90 valence electrons. The predicted octanol–water partition coefficient (Wildman–Crippen LogP) is 1.50. The molecule has 1 aromatic carbocycles. The molecule has 3 rings (SSSR count). The first-order valence-electron chi connectivity index (χ1n) is 6.19. The highest BCUT2D eigenvalue weighted by atomic mass is 15.3. The number of imidazole rings is 1. The lowest BCUT2D eigenvalue weighted by Gasteiger charge is -2.24. The molecule has 0 amide bonds. The van der Waals surface area contributed by atoms with Crippen molar-refractivity contribution in [2.45, 2.75) is 18.9 Å². The molecule has 1 aliphatic rings. The Morgan fingerprint density at radius 3 is 3.00 bits per heavy atom. The Labute approximate surface area is 101 Å². The maximum absolute atomic E-state index is 5.83. The second-order valence-corrected chi connectivity index (χ2v) is 4.68. The molecule has 1 atom stereocenters. The van der Waals surface area contributed by atoms with Crippen LogP contribution in [0.25, 0.3) is 11.0 Å². The predicted molar refractivity (Wildman–Crippen MR) is 70.1 cm³/mol. The molecule has 2 N–H and O–H groups in total. The lowest BCUT2D eigenvalue weighted by atomic mass is 10.2. The van der Waals surface area contributed by atoms with Gasteiger partial charge in [0.25, 0.3) is 0 Å². The summed E-state index contributed by atoms with van der Waals surface area (Å²) < 4.78 is 2.17. The van der Waals surface area contributed by atoms with E-state index in [1.165, 1.54) is 18.4 Å². The molecular weight excluding hydrogens is 212 g/mol. The summed E-state index contributed by atoms with van der Waals surface area (Å²) in [6.07, 6.45) is 2.39. The number of anilines is 1. The van der Waals surface area contributed by atoms with Gasteiger partial charge in [0.2, 0.25) is 5.95 Å². The lowest BCUT2D eigenvalue weighted by molar-refractivity contribution is 0.656. The smallest absolute Gasteiger partial charge is 0.206 e. The van der Waals surface area contributed by atoms with Crippen molar-refractivity contribution in [2.75, 3.05) is 18.0 Å². The van der Waals surface area contributed by atoms with E-state index < -0.39 is 0 Å². The number of benzene rings is 1. The number of nitrogens with zero attached hydrogens (tertiary/aromatic N) is 3. The Hall–Kier alpha value is -1.55. The van der Waals surface area contributed by atoms with Crippen molar-refractivity contribution >= 4 is 17.0 Å². The summed E-state index contributed by atoms with van der Waals surface area (Å²) >= 11 is 0. The van der Waals surface area contributed by atoms with Crippen molar-refractivity contribution in [3.05, 3.63) is 24.3 Å². The average molecular weight is 230 g/mol. The van der Waals surface area contributed by atoms with Gasteiger partial charge in [0.1, 0.15) is 0 Å². The molecule has 2 aromatic rings. The van der Waals surface area contributed by atoms with Crippen LogP contribution in [0, 0.1) is 0 Å². The van der Waals surface area contributed by atoms with Crippen molar-refractivity contribution in [1.82, 2.24) is 9.55 Å². The number of hydrogen-bond acceptors (Lipinski definition) is 3. The molecule has 0 spiro atoms. The van der Waals surface area contributed by atoms with Crippen LogP contribution in [0.4, 0.5) is 5.95 Å². The molecule has 0 saturated carbocycles. The summed E-state index contributed by atoms with van der Waals surface area (Å²) in [6.45, 7) is 1.78. The summed E-state index contributed by atoms with van der Waals surface area (Å²) in [4.78, 5) is 7.07. The molecule has 1 aromatic heterocycles. The van der Waals surface area contributed by atoms with Gasteiger partial charge in [-0.3, -0.25) is 0 Å². The van der Waals surface area contributed by atoms with E-state index in [4.69, 9.17) is 10.7 Å². The van der Waals surface area contributed by atoms with Crippen LogP contribution < -0.4 is 10.6 Å². The standard InChI is InChI=1S/C13H18N4/c1-16-12-7-3-2-6-11(12)15-13(16)17-8-4-5-10(17)9-14/h2-3,6-7,10H,4-5,8-9,14H2,1H3. The Morgan fingerprint density at radius 1 is 1.41 bits per heavy atom. The molecule has 2 heterocycles. The van der Waals surface area contributed by atoms with Gasteiger partial charge in [-0.05, 0) is 25.0 Å². The zero-order chi connectivity index (χ0) is 11.8. The van der Waals surface area contributed by atoms with Crippen molar-refractivity contribution in [2.24, 2.45) is 12.8 Å². The van der Waals surface area contributed by atoms with Gasteiger partial charge in [-0.1, -0.05) is 12.1 Å². The molecule has 1 unspecified atom stereocenters. The van der Waals surface area contributed by atoms with Crippen molar-refractivity contribution in [3.8, 4) is 0 Å². The van der Waals surface area contributed by atoms with Crippen LogP contribution in [0.2, 0.25) is 0 Å². The number of fused-ring (bicyclic) bond motifs is 1. The third-order valence-corrected chi connectivity index (χ3v) is 3.67. The summed E-state index contributed by atoms with van der Waals surface area (Å²) in [5.41, 5.74) is 8.08. The zero-order valence-electron chi connectivity index (χ0n) is 10.1. The fourth-order valence-corrected chi connectivity index (χ4v) is 2.73. The summed E-state index contributed by atoms with van der Waals surface area (Å²) in [5.74, 6) is 1.05. The summed E-state index contributed by atoms with van der Waals surface area (Å²) in [6, 6.07) is 8.71. The Bertz CT molecular complexity index is 531. The van der Waals surface area contributed by atoms with Gasteiger partial charge in [0, 0.05) is 26.2 Å². The summed E-state index contributed by atoms with van der Waals surface area (Å²) in [5, 5.41) is 0. The van der Waals surface area contributed by atoms with E-state index >= 15 is 0 Å². The van der Waals surface area contributed by atoms with Crippen LogP contribution in [0.5, 0.6) is 0 Å². The highest BCUT2D eigenvalue weighted by Gasteiger charge is 2.26. The third-order valence-electron chi connectivity index (χ3n) is 3.67. The monoisotopic (exact) mass is 230 g/mol. The van der Waals surface area contributed by atoms with Gasteiger partial charge >= 0.3 is 0 Å². The first kappa shape index (κ1) is 10.6. The van der Waals surface area contributed by atoms with Gasteiger partial charge in [0.05, 0.1) is 11.0 Å². The van der Waals surface area contributed by atoms with E-state index in [-0.39, 0.29) is 0 Å². The largest absolute Gasteiger partial charge is 0.338 e. The van der Waals surface area contributed by atoms with Crippen LogP contribution in [-0.2, 0) is 7.05 Å². The molecule has 4 nitrogen and oxygen atoms in total. The fraction of sp³-hybridized carbons (Fsp3) is 0.462. The molecule has 17 heavy (non-hydrogen) atoms. The summed E-state index contributed by atoms with van der Waals surface area (Å²) in [7, 11) is 2.08. The minimum atomic E-state index is 0.450. The van der Waals surface area contributed by atoms with E-state index in [0.717, 1.165) is 18.0 Å². The van der Waals surface area contributed by atoms with E-state index in [1.807, 2.05) is 6.07 Å². The number of nitrogens with two attached hydrogens (primary N) is 1. The number of hydrogen-bond donors (Lipinski definition) is 1. The van der Waals surface area contributed by atoms with E-state index in [9.17, 15) is 0 Å². The van der Waals surface area contributed by atoms with Crippen molar-refractivity contribution < 1.29 is 0 Å². The van der Waals surface area contributed by atoms with Gasteiger partial charge < -0.3 is 15.2 Å². The minimum absolute atomic E-state index is 0.450. The quantitative estimate of drug-likeness (QED) is 0.850. The van der Waals surface area contributed by atoms with Gasteiger partial charge in [0.15, 0.2) is 0 Å². The van der Waals surface area contributed by atoms with E-state index in [1.54, 1.807) is 0 Å². The van der Waals surface area contributed by atoms with Crippen LogP contribution >= 0.6 is 0 Å². The topological polar surface area (TPSA) is 47.1 Å². The normalized spacial score (nSPS) is 20.4. The van der Waals surface area contributed by atoms with Crippen LogP contribution in [0.15, 0.2) is 24.3 Å². The first-order valence-corrected chi connectivity index (χ1v) is 6.19.